The Bertz CT molecular complexity index is 579. The molecular formula is C14H18ClN3. The van der Waals surface area contributed by atoms with E-state index in [4.69, 9.17) is 17.4 Å². The second-order valence-corrected chi connectivity index (χ2v) is 5.43. The van der Waals surface area contributed by atoms with E-state index >= 15 is 0 Å². The molecule has 18 heavy (non-hydrogen) atoms. The van der Waals surface area contributed by atoms with Crippen molar-refractivity contribution in [1.82, 2.24) is 4.98 Å². The van der Waals surface area contributed by atoms with Crippen LogP contribution in [0.1, 0.15) is 25.1 Å². The molecule has 0 aliphatic heterocycles. The van der Waals surface area contributed by atoms with Crippen molar-refractivity contribution in [2.45, 2.75) is 27.2 Å². The van der Waals surface area contributed by atoms with Crippen LogP contribution in [0.5, 0.6) is 0 Å². The Morgan fingerprint density at radius 1 is 1.33 bits per heavy atom. The van der Waals surface area contributed by atoms with Crippen LogP contribution in [-0.2, 0) is 6.42 Å². The maximum atomic E-state index is 6.15. The van der Waals surface area contributed by atoms with Crippen molar-refractivity contribution < 1.29 is 0 Å². The number of rotatable bonds is 3. The first kappa shape index (κ1) is 13.1. The number of fused-ring (bicyclic) bond motifs is 1. The van der Waals surface area contributed by atoms with E-state index in [2.05, 4.69) is 24.3 Å². The van der Waals surface area contributed by atoms with E-state index in [1.165, 1.54) is 0 Å². The van der Waals surface area contributed by atoms with Crippen LogP contribution in [0.2, 0.25) is 5.02 Å². The summed E-state index contributed by atoms with van der Waals surface area (Å²) in [6.07, 6.45) is 0.927. The van der Waals surface area contributed by atoms with Crippen molar-refractivity contribution in [1.29, 1.82) is 0 Å². The van der Waals surface area contributed by atoms with Crippen LogP contribution in [0, 0.1) is 12.8 Å². The van der Waals surface area contributed by atoms with Gasteiger partial charge in [0.25, 0.3) is 0 Å². The zero-order valence-corrected chi connectivity index (χ0v) is 11.7. The van der Waals surface area contributed by atoms with E-state index in [1.54, 1.807) is 0 Å². The number of pyridine rings is 1. The van der Waals surface area contributed by atoms with Gasteiger partial charge >= 0.3 is 0 Å². The Morgan fingerprint density at radius 3 is 2.67 bits per heavy atom. The fraction of sp³-hybridized carbons (Fsp3) is 0.357. The van der Waals surface area contributed by atoms with Gasteiger partial charge in [0.1, 0.15) is 0 Å². The number of benzene rings is 1. The molecule has 0 atom stereocenters. The van der Waals surface area contributed by atoms with Gasteiger partial charge in [-0.05, 0) is 43.0 Å². The van der Waals surface area contributed by atoms with Gasteiger partial charge in [-0.3, -0.25) is 10.8 Å². The summed E-state index contributed by atoms with van der Waals surface area (Å²) >= 11 is 6.15. The molecule has 1 aromatic heterocycles. The fourth-order valence-electron chi connectivity index (χ4n) is 2.05. The van der Waals surface area contributed by atoms with Gasteiger partial charge in [-0.25, -0.2) is 0 Å². The number of nitrogens with one attached hydrogen (secondary N) is 1. The van der Waals surface area contributed by atoms with Crippen LogP contribution >= 0.6 is 11.6 Å². The lowest BCUT2D eigenvalue weighted by atomic mass is 10.0. The van der Waals surface area contributed by atoms with Crippen molar-refractivity contribution in [2.75, 3.05) is 5.43 Å². The van der Waals surface area contributed by atoms with Gasteiger partial charge in [-0.1, -0.05) is 25.4 Å². The van der Waals surface area contributed by atoms with Crippen molar-refractivity contribution >= 4 is 28.2 Å². The average molecular weight is 264 g/mol. The molecule has 0 aliphatic carbocycles. The number of aryl methyl sites for hydroxylation is 1. The lowest BCUT2D eigenvalue weighted by Gasteiger charge is -2.11. The van der Waals surface area contributed by atoms with Gasteiger partial charge in [0.05, 0.1) is 11.2 Å². The molecule has 2 rings (SSSR count). The highest BCUT2D eigenvalue weighted by Crippen LogP contribution is 2.28. The van der Waals surface area contributed by atoms with Gasteiger partial charge in [0.15, 0.2) is 0 Å². The van der Waals surface area contributed by atoms with Crippen LogP contribution in [0.25, 0.3) is 10.9 Å². The molecule has 0 bridgehead atoms. The first-order valence-corrected chi connectivity index (χ1v) is 6.45. The van der Waals surface area contributed by atoms with Gasteiger partial charge < -0.3 is 5.43 Å². The third kappa shape index (κ3) is 2.57. The van der Waals surface area contributed by atoms with Crippen LogP contribution in [0.3, 0.4) is 0 Å². The number of nitrogens with two attached hydrogens (primary N) is 1. The van der Waals surface area contributed by atoms with Crippen molar-refractivity contribution in [3.63, 3.8) is 0 Å². The molecule has 2 aromatic rings. The largest absolute Gasteiger partial charge is 0.323 e. The fourth-order valence-corrected chi connectivity index (χ4v) is 2.21. The van der Waals surface area contributed by atoms with Crippen LogP contribution in [0.15, 0.2) is 18.2 Å². The van der Waals surface area contributed by atoms with Gasteiger partial charge in [-0.2, -0.15) is 0 Å². The molecule has 3 N–H and O–H groups in total. The Balaban J connectivity index is 2.63. The van der Waals surface area contributed by atoms with E-state index in [1.807, 2.05) is 25.1 Å². The van der Waals surface area contributed by atoms with E-state index in [9.17, 15) is 0 Å². The number of anilines is 1. The molecule has 0 unspecified atom stereocenters. The summed E-state index contributed by atoms with van der Waals surface area (Å²) in [7, 11) is 0. The quantitative estimate of drug-likeness (QED) is 0.656. The summed E-state index contributed by atoms with van der Waals surface area (Å²) in [6.45, 7) is 6.32. The summed E-state index contributed by atoms with van der Waals surface area (Å²) in [5.74, 6) is 6.15. The minimum Gasteiger partial charge on any atom is -0.323 e. The molecule has 0 spiro atoms. The zero-order valence-electron chi connectivity index (χ0n) is 10.9. The zero-order chi connectivity index (χ0) is 13.3. The molecule has 0 saturated carbocycles. The van der Waals surface area contributed by atoms with Crippen LogP contribution < -0.4 is 11.3 Å². The molecule has 1 heterocycles. The number of aromatic nitrogens is 1. The lowest BCUT2D eigenvalue weighted by molar-refractivity contribution is 0.637. The monoisotopic (exact) mass is 263 g/mol. The topological polar surface area (TPSA) is 50.9 Å². The van der Waals surface area contributed by atoms with Gasteiger partial charge in [-0.15, -0.1) is 0 Å². The Labute approximate surface area is 112 Å². The summed E-state index contributed by atoms with van der Waals surface area (Å²) in [4.78, 5) is 4.65. The van der Waals surface area contributed by atoms with Crippen molar-refractivity contribution in [2.24, 2.45) is 11.8 Å². The number of nitrogen functional groups attached to an aromatic ring is 1. The maximum absolute atomic E-state index is 6.15. The first-order chi connectivity index (χ1) is 8.51. The smallest absolute Gasteiger partial charge is 0.0741 e. The number of hydrogen-bond acceptors (Lipinski definition) is 3. The van der Waals surface area contributed by atoms with E-state index in [-0.39, 0.29) is 0 Å². The highest BCUT2D eigenvalue weighted by molar-refractivity contribution is 6.32. The molecule has 0 amide bonds. The normalized spacial score (nSPS) is 11.2. The first-order valence-electron chi connectivity index (χ1n) is 6.07. The Hall–Kier alpha value is -1.32. The van der Waals surface area contributed by atoms with E-state index < -0.39 is 0 Å². The molecule has 0 saturated heterocycles. The Morgan fingerprint density at radius 2 is 2.06 bits per heavy atom. The molecule has 1 aromatic carbocycles. The minimum absolute atomic E-state index is 0.557. The highest BCUT2D eigenvalue weighted by atomic mass is 35.5. The Kier molecular flexibility index (Phi) is 3.73. The van der Waals surface area contributed by atoms with Crippen molar-refractivity contribution in [3.8, 4) is 0 Å². The average Bonchev–Trinajstić information content (AvgIpc) is 2.29. The number of nitrogens with zero attached hydrogens (tertiary/aromatic N) is 1. The molecule has 0 radical (unpaired) electrons. The molecule has 4 heteroatoms. The summed E-state index contributed by atoms with van der Waals surface area (Å²) in [5.41, 5.74) is 6.59. The molecule has 96 valence electrons. The van der Waals surface area contributed by atoms with Crippen LogP contribution in [0.4, 0.5) is 5.69 Å². The summed E-state index contributed by atoms with van der Waals surface area (Å²) in [6, 6.07) is 5.92. The maximum Gasteiger partial charge on any atom is 0.0741 e. The predicted octanol–water partition coefficient (Wildman–Crippen LogP) is 3.68. The molecule has 0 aliphatic rings. The standard InChI is InChI=1S/C14H18ClN3/c1-8(2)4-10-6-14(18-16)11-5-9(3)12(15)7-13(11)17-10/h5-8H,4,16H2,1-3H3,(H,17,18). The molecular weight excluding hydrogens is 246 g/mol. The van der Waals surface area contributed by atoms with Gasteiger partial charge in [0.2, 0.25) is 0 Å². The molecule has 3 nitrogen and oxygen atoms in total. The van der Waals surface area contributed by atoms with Crippen molar-refractivity contribution in [3.05, 3.63) is 34.5 Å². The SMILES string of the molecule is Cc1cc2c(NN)cc(CC(C)C)nc2cc1Cl. The highest BCUT2D eigenvalue weighted by Gasteiger charge is 2.08. The lowest BCUT2D eigenvalue weighted by Crippen LogP contribution is -2.09. The minimum atomic E-state index is 0.557. The van der Waals surface area contributed by atoms with E-state index in [0.717, 1.165) is 39.3 Å². The third-order valence-corrected chi connectivity index (χ3v) is 3.32. The summed E-state index contributed by atoms with van der Waals surface area (Å²) in [5, 5.41) is 1.74. The number of hydrogen-bond donors (Lipinski definition) is 2. The van der Waals surface area contributed by atoms with Crippen LogP contribution in [-0.4, -0.2) is 4.98 Å². The second-order valence-electron chi connectivity index (χ2n) is 5.02. The van der Waals surface area contributed by atoms with Gasteiger partial charge in [0, 0.05) is 16.1 Å². The van der Waals surface area contributed by atoms with E-state index in [0.29, 0.717) is 5.92 Å². The summed E-state index contributed by atoms with van der Waals surface area (Å²) < 4.78 is 0. The number of hydrazine groups is 1. The third-order valence-electron chi connectivity index (χ3n) is 2.92. The predicted molar refractivity (Wildman–Crippen MR) is 77.8 cm³/mol. The second kappa shape index (κ2) is 5.12. The number of halogens is 1. The molecule has 0 fully saturated rings.